The molecular weight excluding hydrogens is 426 g/mol. The summed E-state index contributed by atoms with van der Waals surface area (Å²) in [5, 5.41) is 26.8. The molecule has 0 radical (unpaired) electrons. The van der Waals surface area contributed by atoms with Crippen molar-refractivity contribution in [2.45, 2.75) is 50.3 Å². The van der Waals surface area contributed by atoms with Crippen molar-refractivity contribution in [3.8, 4) is 5.75 Å². The second kappa shape index (κ2) is 9.86. The minimum Gasteiger partial charge on any atom is -0.497 e. The van der Waals surface area contributed by atoms with E-state index in [0.29, 0.717) is 36.1 Å². The molecule has 0 aliphatic heterocycles. The molecule has 2 amide bonds. The van der Waals surface area contributed by atoms with E-state index in [4.69, 9.17) is 4.74 Å². The Morgan fingerprint density at radius 3 is 2.64 bits per heavy atom. The largest absolute Gasteiger partial charge is 0.497 e. The average Bonchev–Trinajstić information content (AvgIpc) is 3.24. The second-order valence-corrected chi connectivity index (χ2v) is 8.31. The summed E-state index contributed by atoms with van der Waals surface area (Å²) in [5.41, 5.74) is 2.03. The van der Waals surface area contributed by atoms with E-state index < -0.39 is 11.0 Å². The highest BCUT2D eigenvalue weighted by Gasteiger charge is 2.24. The van der Waals surface area contributed by atoms with Crippen LogP contribution in [0.25, 0.3) is 11.0 Å². The molecule has 10 heteroatoms. The summed E-state index contributed by atoms with van der Waals surface area (Å²) in [7, 11) is 1.60. The van der Waals surface area contributed by atoms with E-state index in [1.807, 2.05) is 24.3 Å². The molecule has 1 fully saturated rings. The Hall–Kier alpha value is -3.66. The molecule has 0 bridgehead atoms. The van der Waals surface area contributed by atoms with Gasteiger partial charge in [-0.3, -0.25) is 10.1 Å². The molecule has 1 aromatic heterocycles. The van der Waals surface area contributed by atoms with E-state index in [0.717, 1.165) is 24.2 Å². The van der Waals surface area contributed by atoms with Crippen LogP contribution in [-0.4, -0.2) is 45.3 Å². The molecule has 1 aliphatic carbocycles. The Morgan fingerprint density at radius 1 is 1.24 bits per heavy atom. The number of nitro groups is 1. The third kappa shape index (κ3) is 5.58. The maximum atomic E-state index is 12.8. The molecule has 2 aromatic carbocycles. The molecule has 1 atom stereocenters. The number of nitrogens with one attached hydrogen (secondary N) is 3. The van der Waals surface area contributed by atoms with Crippen molar-refractivity contribution < 1.29 is 19.6 Å². The highest BCUT2D eigenvalue weighted by molar-refractivity contribution is 5.78. The lowest BCUT2D eigenvalue weighted by atomic mass is 9.93. The summed E-state index contributed by atoms with van der Waals surface area (Å²) in [5.74, 6) is 1.24. The molecule has 0 spiro atoms. The standard InChI is InChI=1S/C23H27N5O5/c1-33-18-9-2-14(3-10-18)12-21(27-23(30)24-15-4-7-17(29)8-5-15)22-25-19-11-6-16(28(31)32)13-20(19)26-22/h2-3,6,9-11,13,15,17,21,29H,4-5,7-8,12H2,1H3,(H,25,26)(H2,24,27,30)/t15-,17-,21-/m1/s1. The second-order valence-electron chi connectivity index (χ2n) is 8.31. The minimum atomic E-state index is -0.487. The first-order chi connectivity index (χ1) is 15.9. The van der Waals surface area contributed by atoms with Gasteiger partial charge < -0.3 is 25.5 Å². The number of fused-ring (bicyclic) bond motifs is 1. The maximum Gasteiger partial charge on any atom is 0.315 e. The van der Waals surface area contributed by atoms with Crippen molar-refractivity contribution in [3.05, 3.63) is 64.0 Å². The Balaban J connectivity index is 1.55. The fraction of sp³-hybridized carbons (Fsp3) is 0.391. The van der Waals surface area contributed by atoms with Gasteiger partial charge in [-0.2, -0.15) is 0 Å². The quantitative estimate of drug-likeness (QED) is 0.319. The Kier molecular flexibility index (Phi) is 6.74. The van der Waals surface area contributed by atoms with Gasteiger partial charge in [0.25, 0.3) is 5.69 Å². The minimum absolute atomic E-state index is 0.00774. The van der Waals surface area contributed by atoms with E-state index in [-0.39, 0.29) is 23.9 Å². The Bertz CT molecular complexity index is 1120. The number of amides is 2. The lowest BCUT2D eigenvalue weighted by Gasteiger charge is -2.27. The number of ether oxygens (including phenoxy) is 1. The number of hydrogen-bond acceptors (Lipinski definition) is 6. The van der Waals surface area contributed by atoms with Gasteiger partial charge in [-0.05, 0) is 55.9 Å². The predicted octanol–water partition coefficient (Wildman–Crippen LogP) is 3.37. The van der Waals surface area contributed by atoms with Gasteiger partial charge in [0.2, 0.25) is 0 Å². The van der Waals surface area contributed by atoms with Crippen molar-refractivity contribution in [1.29, 1.82) is 0 Å². The molecule has 3 aromatic rings. The number of carbonyl (C=O) groups is 1. The van der Waals surface area contributed by atoms with Gasteiger partial charge in [-0.25, -0.2) is 9.78 Å². The fourth-order valence-electron chi connectivity index (χ4n) is 4.11. The number of H-pyrrole nitrogens is 1. The predicted molar refractivity (Wildman–Crippen MR) is 122 cm³/mol. The van der Waals surface area contributed by atoms with Crippen LogP contribution in [0.15, 0.2) is 42.5 Å². The summed E-state index contributed by atoms with van der Waals surface area (Å²) >= 11 is 0. The molecule has 1 heterocycles. The lowest BCUT2D eigenvalue weighted by Crippen LogP contribution is -2.45. The van der Waals surface area contributed by atoms with Crippen LogP contribution in [0.2, 0.25) is 0 Å². The first kappa shape index (κ1) is 22.5. The van der Waals surface area contributed by atoms with Gasteiger partial charge in [0, 0.05) is 18.2 Å². The average molecular weight is 453 g/mol. The molecule has 1 aliphatic rings. The number of non-ortho nitro benzene ring substituents is 1. The summed E-state index contributed by atoms with van der Waals surface area (Å²) in [4.78, 5) is 31.2. The molecule has 1 saturated carbocycles. The highest BCUT2D eigenvalue weighted by atomic mass is 16.6. The van der Waals surface area contributed by atoms with E-state index in [1.165, 1.54) is 12.1 Å². The summed E-state index contributed by atoms with van der Waals surface area (Å²) < 4.78 is 5.21. The van der Waals surface area contributed by atoms with Crippen LogP contribution >= 0.6 is 0 Å². The van der Waals surface area contributed by atoms with E-state index >= 15 is 0 Å². The van der Waals surface area contributed by atoms with Crippen molar-refractivity contribution in [1.82, 2.24) is 20.6 Å². The zero-order chi connectivity index (χ0) is 23.4. The SMILES string of the molecule is COc1ccc(C[C@@H](NC(=O)N[C@H]2CC[C@H](O)CC2)c2nc3cc([N+](=O)[O-])ccc3[nH]2)cc1. The number of hydrogen-bond donors (Lipinski definition) is 4. The highest BCUT2D eigenvalue weighted by Crippen LogP contribution is 2.24. The van der Waals surface area contributed by atoms with Gasteiger partial charge >= 0.3 is 6.03 Å². The topological polar surface area (TPSA) is 142 Å². The van der Waals surface area contributed by atoms with Crippen LogP contribution in [0, 0.1) is 10.1 Å². The zero-order valence-corrected chi connectivity index (χ0v) is 18.3. The summed E-state index contributed by atoms with van der Waals surface area (Å²) in [6, 6.07) is 11.2. The molecule has 33 heavy (non-hydrogen) atoms. The Morgan fingerprint density at radius 2 is 1.97 bits per heavy atom. The molecular formula is C23H27N5O5. The monoisotopic (exact) mass is 453 g/mol. The number of benzene rings is 2. The number of aromatic amines is 1. The van der Waals surface area contributed by atoms with Gasteiger partial charge in [0.05, 0.1) is 35.2 Å². The third-order valence-electron chi connectivity index (χ3n) is 5.96. The number of urea groups is 1. The first-order valence-corrected chi connectivity index (χ1v) is 10.9. The number of rotatable bonds is 7. The van der Waals surface area contributed by atoms with Crippen LogP contribution in [0.1, 0.15) is 43.1 Å². The van der Waals surface area contributed by atoms with Crippen molar-refractivity contribution in [2.24, 2.45) is 0 Å². The molecule has 0 unspecified atom stereocenters. The number of aliphatic hydroxyl groups excluding tert-OH is 1. The van der Waals surface area contributed by atoms with Crippen LogP contribution in [0.5, 0.6) is 5.75 Å². The van der Waals surface area contributed by atoms with Crippen LogP contribution in [0.4, 0.5) is 10.5 Å². The van der Waals surface area contributed by atoms with Gasteiger partial charge in [-0.1, -0.05) is 12.1 Å². The normalized spacial score (nSPS) is 19.1. The first-order valence-electron chi connectivity index (χ1n) is 10.9. The van der Waals surface area contributed by atoms with Gasteiger partial charge in [0.15, 0.2) is 0 Å². The number of carbonyl (C=O) groups excluding carboxylic acids is 1. The molecule has 10 nitrogen and oxygen atoms in total. The van der Waals surface area contributed by atoms with Crippen molar-refractivity contribution in [2.75, 3.05) is 7.11 Å². The van der Waals surface area contributed by atoms with Crippen molar-refractivity contribution in [3.63, 3.8) is 0 Å². The maximum absolute atomic E-state index is 12.8. The lowest BCUT2D eigenvalue weighted by molar-refractivity contribution is -0.384. The number of aromatic nitrogens is 2. The van der Waals surface area contributed by atoms with Crippen LogP contribution < -0.4 is 15.4 Å². The fourth-order valence-corrected chi connectivity index (χ4v) is 4.11. The molecule has 4 rings (SSSR count). The molecule has 174 valence electrons. The number of aliphatic hydroxyl groups is 1. The van der Waals surface area contributed by atoms with Crippen molar-refractivity contribution >= 4 is 22.8 Å². The molecule has 0 saturated heterocycles. The Labute approximate surface area is 190 Å². The number of methoxy groups -OCH3 is 1. The number of imidazole rings is 1. The van der Waals surface area contributed by atoms with E-state index in [2.05, 4.69) is 20.6 Å². The van der Waals surface area contributed by atoms with E-state index in [9.17, 15) is 20.0 Å². The number of nitrogens with zero attached hydrogens (tertiary/aromatic N) is 2. The van der Waals surface area contributed by atoms with Crippen LogP contribution in [-0.2, 0) is 6.42 Å². The zero-order valence-electron chi connectivity index (χ0n) is 18.3. The van der Waals surface area contributed by atoms with Gasteiger partial charge in [0.1, 0.15) is 11.6 Å². The summed E-state index contributed by atoms with van der Waals surface area (Å²) in [6.45, 7) is 0. The van der Waals surface area contributed by atoms with Crippen LogP contribution in [0.3, 0.4) is 0 Å². The molecule has 4 N–H and O–H groups in total. The van der Waals surface area contributed by atoms with Gasteiger partial charge in [-0.15, -0.1) is 0 Å². The summed E-state index contributed by atoms with van der Waals surface area (Å²) in [6.07, 6.45) is 2.96. The van der Waals surface area contributed by atoms with E-state index in [1.54, 1.807) is 13.2 Å². The third-order valence-corrected chi connectivity index (χ3v) is 5.96. The smallest absolute Gasteiger partial charge is 0.315 e. The number of nitro benzene ring substituents is 1.